The van der Waals surface area contributed by atoms with Crippen LogP contribution >= 0.6 is 11.6 Å². The highest BCUT2D eigenvalue weighted by molar-refractivity contribution is 6.27. The van der Waals surface area contributed by atoms with Gasteiger partial charge in [-0.3, -0.25) is 4.79 Å². The summed E-state index contributed by atoms with van der Waals surface area (Å²) in [4.78, 5) is 14.2. The van der Waals surface area contributed by atoms with Gasteiger partial charge in [-0.05, 0) is 49.6 Å². The molecule has 0 aliphatic rings. The van der Waals surface area contributed by atoms with Crippen molar-refractivity contribution in [1.82, 2.24) is 4.90 Å². The van der Waals surface area contributed by atoms with E-state index in [0.29, 0.717) is 18.5 Å². The molecule has 0 aliphatic heterocycles. The minimum absolute atomic E-state index is 0.0792. The highest BCUT2D eigenvalue weighted by Gasteiger charge is 2.20. The smallest absolute Gasteiger partial charge is 0.237 e. The van der Waals surface area contributed by atoms with Crippen LogP contribution in [0.4, 0.5) is 4.39 Å². The second-order valence-corrected chi connectivity index (χ2v) is 8.30. The number of benzene rings is 3. The van der Waals surface area contributed by atoms with E-state index in [-0.39, 0.29) is 36.2 Å². The van der Waals surface area contributed by atoms with Gasteiger partial charge in [0.2, 0.25) is 5.91 Å². The van der Waals surface area contributed by atoms with Crippen LogP contribution in [-0.4, -0.2) is 29.3 Å². The first kappa shape index (κ1) is 23.8. The molecule has 0 saturated carbocycles. The molecule has 0 saturated heterocycles. The molecular weight excluding hydrogens is 425 g/mol. The summed E-state index contributed by atoms with van der Waals surface area (Å²) < 4.78 is 20.0. The molecule has 3 aromatic carbocycles. The first-order valence-corrected chi connectivity index (χ1v) is 11.4. The van der Waals surface area contributed by atoms with Gasteiger partial charge in [-0.15, -0.1) is 11.6 Å². The fraction of sp³-hybridized carbons (Fsp3) is 0.296. The molecule has 32 heavy (non-hydrogen) atoms. The Morgan fingerprint density at radius 3 is 2.19 bits per heavy atom. The third kappa shape index (κ3) is 6.57. The van der Waals surface area contributed by atoms with E-state index in [2.05, 4.69) is 24.3 Å². The number of amides is 1. The van der Waals surface area contributed by atoms with Crippen LogP contribution in [0.25, 0.3) is 0 Å². The molecule has 5 heteroatoms. The third-order valence-corrected chi connectivity index (χ3v) is 5.56. The fourth-order valence-electron chi connectivity index (χ4n) is 3.76. The average Bonchev–Trinajstić information content (AvgIpc) is 2.80. The molecule has 0 bridgehead atoms. The quantitative estimate of drug-likeness (QED) is 0.332. The number of hydrogen-bond acceptors (Lipinski definition) is 2. The molecule has 3 rings (SSSR count). The van der Waals surface area contributed by atoms with Crippen LogP contribution in [0.5, 0.6) is 5.75 Å². The summed E-state index contributed by atoms with van der Waals surface area (Å²) in [6, 6.07) is 24.8. The minimum Gasteiger partial charge on any atom is -0.491 e. The first-order chi connectivity index (χ1) is 15.5. The monoisotopic (exact) mass is 453 g/mol. The van der Waals surface area contributed by atoms with Crippen molar-refractivity contribution in [2.24, 2.45) is 0 Å². The molecular formula is C27H29ClFNO2. The van der Waals surface area contributed by atoms with Crippen molar-refractivity contribution in [2.45, 2.75) is 38.8 Å². The summed E-state index contributed by atoms with van der Waals surface area (Å²) in [7, 11) is 0. The van der Waals surface area contributed by atoms with Crippen molar-refractivity contribution < 1.29 is 13.9 Å². The molecule has 0 spiro atoms. The van der Waals surface area contributed by atoms with E-state index in [1.165, 1.54) is 6.07 Å². The van der Waals surface area contributed by atoms with E-state index in [9.17, 15) is 9.18 Å². The van der Waals surface area contributed by atoms with Gasteiger partial charge in [-0.1, -0.05) is 60.7 Å². The summed E-state index contributed by atoms with van der Waals surface area (Å²) in [5, 5.41) is 0. The minimum atomic E-state index is -0.319. The maximum absolute atomic E-state index is 14.2. The van der Waals surface area contributed by atoms with Gasteiger partial charge in [0, 0.05) is 24.6 Å². The van der Waals surface area contributed by atoms with Crippen molar-refractivity contribution in [2.75, 3.05) is 12.4 Å². The van der Waals surface area contributed by atoms with E-state index in [4.69, 9.17) is 16.3 Å². The van der Waals surface area contributed by atoms with Crippen molar-refractivity contribution in [1.29, 1.82) is 0 Å². The summed E-state index contributed by atoms with van der Waals surface area (Å²) in [6.07, 6.45) is 0.796. The summed E-state index contributed by atoms with van der Waals surface area (Å²) in [5.41, 5.74) is 2.78. The summed E-state index contributed by atoms with van der Waals surface area (Å²) >= 11 is 5.86. The van der Waals surface area contributed by atoms with Crippen LogP contribution in [0, 0.1) is 5.82 Å². The van der Waals surface area contributed by atoms with E-state index in [1.54, 1.807) is 23.1 Å². The van der Waals surface area contributed by atoms with Crippen LogP contribution in [-0.2, 0) is 11.3 Å². The Morgan fingerprint density at radius 2 is 1.56 bits per heavy atom. The van der Waals surface area contributed by atoms with Gasteiger partial charge in [-0.25, -0.2) is 4.39 Å². The second kappa shape index (κ2) is 11.7. The Morgan fingerprint density at radius 1 is 0.938 bits per heavy atom. The Balaban J connectivity index is 1.82. The molecule has 0 radical (unpaired) electrons. The average molecular weight is 454 g/mol. The van der Waals surface area contributed by atoms with Crippen molar-refractivity contribution in [3.63, 3.8) is 0 Å². The lowest BCUT2D eigenvalue weighted by Gasteiger charge is -2.26. The zero-order valence-electron chi connectivity index (χ0n) is 18.5. The van der Waals surface area contributed by atoms with Gasteiger partial charge in [-0.2, -0.15) is 0 Å². The number of carbonyl (C=O) groups excluding carboxylic acids is 1. The van der Waals surface area contributed by atoms with Crippen LogP contribution in [0.2, 0.25) is 0 Å². The molecule has 0 unspecified atom stereocenters. The van der Waals surface area contributed by atoms with Gasteiger partial charge < -0.3 is 9.64 Å². The van der Waals surface area contributed by atoms with Crippen molar-refractivity contribution in [3.05, 3.63) is 101 Å². The van der Waals surface area contributed by atoms with Crippen LogP contribution in [0.3, 0.4) is 0 Å². The molecule has 0 aliphatic carbocycles. The number of ether oxygens (including phenoxy) is 1. The predicted octanol–water partition coefficient (Wildman–Crippen LogP) is 6.40. The lowest BCUT2D eigenvalue weighted by Crippen LogP contribution is -2.33. The van der Waals surface area contributed by atoms with Gasteiger partial charge in [0.1, 0.15) is 17.4 Å². The Hall–Kier alpha value is -2.85. The predicted molar refractivity (Wildman–Crippen MR) is 128 cm³/mol. The number of nitrogens with zero attached hydrogens (tertiary/aromatic N) is 1. The zero-order chi connectivity index (χ0) is 22.9. The molecule has 1 atom stereocenters. The number of halogens is 2. The molecule has 0 N–H and O–H groups in total. The maximum atomic E-state index is 14.2. The topological polar surface area (TPSA) is 29.5 Å². The molecule has 3 aromatic rings. The zero-order valence-corrected chi connectivity index (χ0v) is 19.3. The molecule has 3 nitrogen and oxygen atoms in total. The normalized spacial score (nSPS) is 11.9. The molecule has 0 aromatic heterocycles. The van der Waals surface area contributed by atoms with E-state index < -0.39 is 0 Å². The molecule has 168 valence electrons. The summed E-state index contributed by atoms with van der Waals surface area (Å²) in [6.45, 7) is 4.65. The first-order valence-electron chi connectivity index (χ1n) is 10.9. The Labute approximate surface area is 194 Å². The van der Waals surface area contributed by atoms with Crippen LogP contribution < -0.4 is 4.74 Å². The van der Waals surface area contributed by atoms with Gasteiger partial charge in [0.05, 0.1) is 6.10 Å². The van der Waals surface area contributed by atoms with Crippen molar-refractivity contribution >= 4 is 17.5 Å². The number of hydrogen-bond donors (Lipinski definition) is 0. The van der Waals surface area contributed by atoms with Gasteiger partial charge in [0.15, 0.2) is 0 Å². The fourth-order valence-corrected chi connectivity index (χ4v) is 3.92. The second-order valence-electron chi connectivity index (χ2n) is 8.03. The highest BCUT2D eigenvalue weighted by Crippen LogP contribution is 2.30. The van der Waals surface area contributed by atoms with Crippen molar-refractivity contribution in [3.8, 4) is 5.75 Å². The SMILES string of the molecule is CC(C)Oc1ccc([C@H](CCN(Cc2ccccc2F)C(=O)CCl)c2ccccc2)cc1. The largest absolute Gasteiger partial charge is 0.491 e. The number of alkyl halides is 1. The van der Waals surface area contributed by atoms with E-state index in [0.717, 1.165) is 16.9 Å². The van der Waals surface area contributed by atoms with E-state index in [1.807, 2.05) is 44.2 Å². The Bertz CT molecular complexity index is 992. The highest BCUT2D eigenvalue weighted by atomic mass is 35.5. The standard InChI is InChI=1S/C27H29ClFNO2/c1-20(2)32-24-14-12-22(13-15-24)25(21-8-4-3-5-9-21)16-17-30(27(31)18-28)19-23-10-6-7-11-26(23)29/h3-15,20,25H,16-19H2,1-2H3/t25-/m1/s1. The molecule has 1 amide bonds. The molecule has 0 fully saturated rings. The van der Waals surface area contributed by atoms with Gasteiger partial charge in [0.25, 0.3) is 0 Å². The maximum Gasteiger partial charge on any atom is 0.237 e. The Kier molecular flexibility index (Phi) is 8.69. The van der Waals surface area contributed by atoms with Gasteiger partial charge >= 0.3 is 0 Å². The lowest BCUT2D eigenvalue weighted by molar-refractivity contribution is -0.129. The third-order valence-electron chi connectivity index (χ3n) is 5.33. The van der Waals surface area contributed by atoms with Crippen LogP contribution in [0.15, 0.2) is 78.9 Å². The summed E-state index contributed by atoms with van der Waals surface area (Å²) in [5.74, 6) is 0.248. The van der Waals surface area contributed by atoms with Crippen LogP contribution in [0.1, 0.15) is 42.9 Å². The number of carbonyl (C=O) groups is 1. The van der Waals surface area contributed by atoms with E-state index >= 15 is 0 Å². The lowest BCUT2D eigenvalue weighted by atomic mass is 9.88. The molecule has 0 heterocycles. The number of rotatable bonds is 10.